The van der Waals surface area contributed by atoms with Crippen LogP contribution in [0, 0.1) is 0 Å². The molecule has 4 nitrogen and oxygen atoms in total. The summed E-state index contributed by atoms with van der Waals surface area (Å²) in [6, 6.07) is 7.53. The van der Waals surface area contributed by atoms with Crippen molar-refractivity contribution in [2.24, 2.45) is 0 Å². The molecule has 0 aliphatic rings. The second kappa shape index (κ2) is 5.10. The number of nitrogens with zero attached hydrogens (tertiary/aromatic N) is 2. The molecule has 1 aromatic carbocycles. The monoisotopic (exact) mass is 256 g/mol. The number of anilines is 1. The molecule has 0 aliphatic carbocycles. The molecule has 0 unspecified atom stereocenters. The molecule has 0 spiro atoms. The summed E-state index contributed by atoms with van der Waals surface area (Å²) in [5.74, 6) is -0.971. The summed E-state index contributed by atoms with van der Waals surface area (Å²) < 4.78 is 0. The van der Waals surface area contributed by atoms with Crippen LogP contribution in [0.2, 0.25) is 0 Å². The highest BCUT2D eigenvalue weighted by atomic mass is 16.4. The van der Waals surface area contributed by atoms with E-state index in [-0.39, 0.29) is 5.56 Å². The number of aromatic carboxylic acids is 1. The minimum absolute atomic E-state index is 0.211. The number of hydrogen-bond acceptors (Lipinski definition) is 3. The van der Waals surface area contributed by atoms with Crippen LogP contribution in [0.3, 0.4) is 0 Å². The Morgan fingerprint density at radius 3 is 2.74 bits per heavy atom. The number of carboxylic acids is 1. The number of aromatic nitrogens is 1. The van der Waals surface area contributed by atoms with Crippen LogP contribution in [0.5, 0.6) is 0 Å². The van der Waals surface area contributed by atoms with Gasteiger partial charge >= 0.3 is 5.97 Å². The third-order valence-electron chi connectivity index (χ3n) is 2.87. The zero-order valence-corrected chi connectivity index (χ0v) is 11.1. The van der Waals surface area contributed by atoms with Gasteiger partial charge < -0.3 is 10.0 Å². The van der Waals surface area contributed by atoms with Crippen molar-refractivity contribution >= 4 is 22.6 Å². The molecule has 0 saturated carbocycles. The fraction of sp³-hybridized carbons (Fsp3) is 0.200. The highest BCUT2D eigenvalue weighted by molar-refractivity contribution is 6.04. The van der Waals surface area contributed by atoms with Gasteiger partial charge in [-0.25, -0.2) is 4.79 Å². The number of likely N-dealkylation sites (N-methyl/N-ethyl adjacent to an activating group) is 1. The zero-order chi connectivity index (χ0) is 14.0. The SMILES string of the molecule is C=C(C)CN(C)c1c(C(=O)O)cnc2ccccc12. The van der Waals surface area contributed by atoms with E-state index >= 15 is 0 Å². The number of pyridine rings is 1. The van der Waals surface area contributed by atoms with Gasteiger partial charge in [0.05, 0.1) is 11.2 Å². The molecule has 0 saturated heterocycles. The summed E-state index contributed by atoms with van der Waals surface area (Å²) in [6.45, 7) is 6.39. The zero-order valence-electron chi connectivity index (χ0n) is 11.1. The summed E-state index contributed by atoms with van der Waals surface area (Å²) in [5, 5.41) is 10.2. The largest absolute Gasteiger partial charge is 0.478 e. The van der Waals surface area contributed by atoms with Crippen molar-refractivity contribution < 1.29 is 9.90 Å². The molecular weight excluding hydrogens is 240 g/mol. The van der Waals surface area contributed by atoms with Gasteiger partial charge in [-0.2, -0.15) is 0 Å². The number of carbonyl (C=O) groups is 1. The Labute approximate surface area is 112 Å². The van der Waals surface area contributed by atoms with Crippen molar-refractivity contribution in [3.63, 3.8) is 0 Å². The second-order valence-corrected chi connectivity index (χ2v) is 4.66. The lowest BCUT2D eigenvalue weighted by atomic mass is 10.1. The molecule has 0 atom stereocenters. The Morgan fingerprint density at radius 1 is 1.42 bits per heavy atom. The van der Waals surface area contributed by atoms with Gasteiger partial charge in [0.1, 0.15) is 5.56 Å². The standard InChI is InChI=1S/C15H16N2O2/c1-10(2)9-17(3)14-11-6-4-5-7-13(11)16-8-12(14)15(18)19/h4-8H,1,9H2,2-3H3,(H,18,19). The number of fused-ring (bicyclic) bond motifs is 1. The van der Waals surface area contributed by atoms with E-state index in [1.807, 2.05) is 43.1 Å². The Hall–Kier alpha value is -2.36. The maximum absolute atomic E-state index is 11.4. The van der Waals surface area contributed by atoms with Gasteiger partial charge in [0.25, 0.3) is 0 Å². The van der Waals surface area contributed by atoms with Crippen LogP contribution in [0.15, 0.2) is 42.6 Å². The summed E-state index contributed by atoms with van der Waals surface area (Å²) in [6.07, 6.45) is 1.41. The van der Waals surface area contributed by atoms with E-state index in [9.17, 15) is 9.90 Å². The fourth-order valence-electron chi connectivity index (χ4n) is 2.18. The smallest absolute Gasteiger partial charge is 0.339 e. The number of carboxylic acid groups (broad SMARTS) is 1. The van der Waals surface area contributed by atoms with Gasteiger partial charge in [-0.1, -0.05) is 30.4 Å². The maximum Gasteiger partial charge on any atom is 0.339 e. The molecule has 0 fully saturated rings. The average molecular weight is 256 g/mol. The molecule has 0 amide bonds. The predicted octanol–water partition coefficient (Wildman–Crippen LogP) is 2.95. The molecule has 2 rings (SSSR count). The van der Waals surface area contributed by atoms with E-state index < -0.39 is 5.97 Å². The Kier molecular flexibility index (Phi) is 3.51. The van der Waals surface area contributed by atoms with Gasteiger partial charge in [-0.15, -0.1) is 0 Å². The predicted molar refractivity (Wildman–Crippen MR) is 76.8 cm³/mol. The van der Waals surface area contributed by atoms with Crippen LogP contribution in [0.25, 0.3) is 10.9 Å². The lowest BCUT2D eigenvalue weighted by Crippen LogP contribution is -2.22. The van der Waals surface area contributed by atoms with Crippen molar-refractivity contribution in [1.29, 1.82) is 0 Å². The van der Waals surface area contributed by atoms with Gasteiger partial charge in [-0.3, -0.25) is 4.98 Å². The van der Waals surface area contributed by atoms with Crippen molar-refractivity contribution in [2.75, 3.05) is 18.5 Å². The number of benzene rings is 1. The van der Waals surface area contributed by atoms with E-state index in [4.69, 9.17) is 0 Å². The van der Waals surface area contributed by atoms with E-state index in [0.29, 0.717) is 12.2 Å². The average Bonchev–Trinajstić information content (AvgIpc) is 2.36. The molecule has 98 valence electrons. The van der Waals surface area contributed by atoms with E-state index in [1.54, 1.807) is 0 Å². The molecule has 4 heteroatoms. The topological polar surface area (TPSA) is 53.4 Å². The van der Waals surface area contributed by atoms with Gasteiger partial charge in [0, 0.05) is 25.2 Å². The molecule has 1 N–H and O–H groups in total. The molecule has 0 bridgehead atoms. The highest BCUT2D eigenvalue weighted by Crippen LogP contribution is 2.29. The number of hydrogen-bond donors (Lipinski definition) is 1. The first-order valence-corrected chi connectivity index (χ1v) is 5.97. The number of para-hydroxylation sites is 1. The van der Waals surface area contributed by atoms with Gasteiger partial charge in [-0.05, 0) is 13.0 Å². The third kappa shape index (κ3) is 2.57. The molecule has 2 aromatic rings. The lowest BCUT2D eigenvalue weighted by molar-refractivity contribution is 0.0697. The number of rotatable bonds is 4. The Balaban J connectivity index is 2.68. The maximum atomic E-state index is 11.4. The van der Waals surface area contributed by atoms with Crippen molar-refractivity contribution in [2.45, 2.75) is 6.92 Å². The summed E-state index contributed by atoms with van der Waals surface area (Å²) in [5.41, 5.74) is 2.65. The van der Waals surface area contributed by atoms with Crippen LogP contribution in [-0.2, 0) is 0 Å². The first kappa shape index (κ1) is 13.1. The van der Waals surface area contributed by atoms with Crippen LogP contribution in [0.4, 0.5) is 5.69 Å². The molecule has 0 radical (unpaired) electrons. The van der Waals surface area contributed by atoms with Crippen LogP contribution in [0.1, 0.15) is 17.3 Å². The van der Waals surface area contributed by atoms with Gasteiger partial charge in [0.15, 0.2) is 0 Å². The summed E-state index contributed by atoms with van der Waals surface area (Å²) in [4.78, 5) is 17.5. The highest BCUT2D eigenvalue weighted by Gasteiger charge is 2.17. The lowest BCUT2D eigenvalue weighted by Gasteiger charge is -2.23. The van der Waals surface area contributed by atoms with E-state index in [0.717, 1.165) is 16.5 Å². The third-order valence-corrected chi connectivity index (χ3v) is 2.87. The normalized spacial score (nSPS) is 10.4. The minimum atomic E-state index is -0.971. The Bertz CT molecular complexity index is 650. The molecule has 0 aliphatic heterocycles. The van der Waals surface area contributed by atoms with Crippen LogP contribution < -0.4 is 4.90 Å². The molecule has 19 heavy (non-hydrogen) atoms. The first-order valence-electron chi connectivity index (χ1n) is 5.97. The minimum Gasteiger partial charge on any atom is -0.478 e. The van der Waals surface area contributed by atoms with Crippen molar-refractivity contribution in [1.82, 2.24) is 4.98 Å². The molecular formula is C15H16N2O2. The van der Waals surface area contributed by atoms with Gasteiger partial charge in [0.2, 0.25) is 0 Å². The summed E-state index contributed by atoms with van der Waals surface area (Å²) >= 11 is 0. The van der Waals surface area contributed by atoms with E-state index in [2.05, 4.69) is 11.6 Å². The van der Waals surface area contributed by atoms with Crippen molar-refractivity contribution in [3.8, 4) is 0 Å². The molecule has 1 aromatic heterocycles. The van der Waals surface area contributed by atoms with E-state index in [1.165, 1.54) is 6.20 Å². The second-order valence-electron chi connectivity index (χ2n) is 4.66. The van der Waals surface area contributed by atoms with Crippen molar-refractivity contribution in [3.05, 3.63) is 48.2 Å². The Morgan fingerprint density at radius 2 is 2.11 bits per heavy atom. The van der Waals surface area contributed by atoms with Crippen LogP contribution >= 0.6 is 0 Å². The quantitative estimate of drug-likeness (QED) is 0.854. The molecule has 1 heterocycles. The fourth-order valence-corrected chi connectivity index (χ4v) is 2.18. The van der Waals surface area contributed by atoms with Crippen LogP contribution in [-0.4, -0.2) is 29.7 Å². The first-order chi connectivity index (χ1) is 9.00. The summed E-state index contributed by atoms with van der Waals surface area (Å²) in [7, 11) is 1.86.